The van der Waals surface area contributed by atoms with E-state index in [9.17, 15) is 9.59 Å². The molecule has 1 saturated heterocycles. The van der Waals surface area contributed by atoms with Crippen LogP contribution in [-0.4, -0.2) is 30.1 Å². The molecule has 2 aliphatic rings. The van der Waals surface area contributed by atoms with Gasteiger partial charge in [-0.3, -0.25) is 9.59 Å². The Balaban J connectivity index is 1.56. The van der Waals surface area contributed by atoms with Gasteiger partial charge in [0.15, 0.2) is 0 Å². The van der Waals surface area contributed by atoms with Gasteiger partial charge in [-0.25, -0.2) is 0 Å². The molecular formula is C17H23N3O3. The highest BCUT2D eigenvalue weighted by atomic mass is 16.5. The third-order valence-electron chi connectivity index (χ3n) is 4.58. The molecule has 0 spiro atoms. The normalized spacial score (nSPS) is 22.7. The minimum atomic E-state index is -0.743. The Morgan fingerprint density at radius 2 is 1.65 bits per heavy atom. The highest BCUT2D eigenvalue weighted by molar-refractivity contribution is 5.98. The first-order valence-corrected chi connectivity index (χ1v) is 8.20. The number of nitrogens with two attached hydrogens (primary N) is 1. The van der Waals surface area contributed by atoms with Crippen molar-refractivity contribution in [1.29, 1.82) is 0 Å². The minimum Gasteiger partial charge on any atom is -0.368 e. The molecule has 124 valence electrons. The zero-order chi connectivity index (χ0) is 16.3. The number of hydrogen-bond acceptors (Lipinski definition) is 4. The van der Waals surface area contributed by atoms with E-state index >= 15 is 0 Å². The van der Waals surface area contributed by atoms with Crippen molar-refractivity contribution in [2.24, 2.45) is 5.73 Å². The average Bonchev–Trinajstić information content (AvgIpc) is 3.21. The number of ether oxygens (including phenoxy) is 1. The van der Waals surface area contributed by atoms with E-state index in [-0.39, 0.29) is 17.9 Å². The van der Waals surface area contributed by atoms with Crippen LogP contribution in [0.15, 0.2) is 24.3 Å². The van der Waals surface area contributed by atoms with Crippen molar-refractivity contribution in [2.45, 2.75) is 50.2 Å². The first-order valence-electron chi connectivity index (χ1n) is 8.20. The van der Waals surface area contributed by atoms with Crippen LogP contribution in [-0.2, 0) is 14.3 Å². The van der Waals surface area contributed by atoms with Gasteiger partial charge in [0.25, 0.3) is 5.91 Å². The second-order valence-electron chi connectivity index (χ2n) is 6.39. The lowest BCUT2D eigenvalue weighted by atomic mass is 9.98. The predicted molar refractivity (Wildman–Crippen MR) is 88.1 cm³/mol. The van der Waals surface area contributed by atoms with E-state index < -0.39 is 5.54 Å². The van der Waals surface area contributed by atoms with Crippen LogP contribution in [0.2, 0.25) is 0 Å². The van der Waals surface area contributed by atoms with Crippen LogP contribution in [0.4, 0.5) is 11.4 Å². The largest absolute Gasteiger partial charge is 0.368 e. The molecule has 0 aromatic heterocycles. The monoisotopic (exact) mass is 317 g/mol. The maximum Gasteiger partial charge on any atom is 0.253 e. The summed E-state index contributed by atoms with van der Waals surface area (Å²) in [6.07, 6.45) is 4.79. The van der Waals surface area contributed by atoms with E-state index in [1.165, 1.54) is 0 Å². The average molecular weight is 317 g/mol. The molecule has 2 fully saturated rings. The Labute approximate surface area is 135 Å². The summed E-state index contributed by atoms with van der Waals surface area (Å²) in [6, 6.07) is 7.06. The number of carbonyl (C=O) groups excluding carboxylic acids is 2. The smallest absolute Gasteiger partial charge is 0.253 e. The Morgan fingerprint density at radius 3 is 2.22 bits per heavy atom. The van der Waals surface area contributed by atoms with Crippen LogP contribution in [0.3, 0.4) is 0 Å². The Bertz CT molecular complexity index is 573. The van der Waals surface area contributed by atoms with Crippen molar-refractivity contribution in [3.63, 3.8) is 0 Å². The number of nitrogens with one attached hydrogen (secondary N) is 2. The van der Waals surface area contributed by atoms with Gasteiger partial charge in [0, 0.05) is 18.0 Å². The van der Waals surface area contributed by atoms with Crippen molar-refractivity contribution < 1.29 is 14.3 Å². The summed E-state index contributed by atoms with van der Waals surface area (Å²) in [5.41, 5.74) is 6.76. The predicted octanol–water partition coefficient (Wildman–Crippen LogP) is 2.01. The standard InChI is InChI=1S/C17H23N3O3/c18-17(9-1-2-10-17)16(22)20-13-7-5-12(6-8-13)19-15(21)14-4-3-11-23-14/h5-8,14H,1-4,9-11,18H2,(H,19,21)(H,20,22). The zero-order valence-corrected chi connectivity index (χ0v) is 13.1. The molecule has 2 amide bonds. The lowest BCUT2D eigenvalue weighted by Crippen LogP contribution is -2.48. The third-order valence-corrected chi connectivity index (χ3v) is 4.58. The molecule has 1 aromatic carbocycles. The summed E-state index contributed by atoms with van der Waals surface area (Å²) in [6.45, 7) is 0.643. The topological polar surface area (TPSA) is 93.5 Å². The molecule has 1 aliphatic carbocycles. The van der Waals surface area contributed by atoms with Crippen molar-refractivity contribution in [2.75, 3.05) is 17.2 Å². The summed E-state index contributed by atoms with van der Waals surface area (Å²) in [4.78, 5) is 24.2. The first-order chi connectivity index (χ1) is 11.1. The van der Waals surface area contributed by atoms with Crippen LogP contribution in [0.5, 0.6) is 0 Å². The maximum atomic E-state index is 12.3. The summed E-state index contributed by atoms with van der Waals surface area (Å²) < 4.78 is 5.35. The first kappa shape index (κ1) is 16.0. The number of hydrogen-bond donors (Lipinski definition) is 3. The third kappa shape index (κ3) is 3.71. The molecule has 1 saturated carbocycles. The summed E-state index contributed by atoms with van der Waals surface area (Å²) >= 11 is 0. The van der Waals surface area contributed by atoms with Crippen LogP contribution in [0, 0.1) is 0 Å². The SMILES string of the molecule is NC1(C(=O)Nc2ccc(NC(=O)C3CCCO3)cc2)CCCC1. The Hall–Kier alpha value is -1.92. The lowest BCUT2D eigenvalue weighted by molar-refractivity contribution is -0.124. The quantitative estimate of drug-likeness (QED) is 0.792. The fourth-order valence-electron chi connectivity index (χ4n) is 3.13. The van der Waals surface area contributed by atoms with Gasteiger partial charge >= 0.3 is 0 Å². The van der Waals surface area contributed by atoms with Crippen LogP contribution in [0.25, 0.3) is 0 Å². The summed E-state index contributed by atoms with van der Waals surface area (Å²) in [5, 5.41) is 5.68. The zero-order valence-electron chi connectivity index (χ0n) is 13.1. The lowest BCUT2D eigenvalue weighted by Gasteiger charge is -2.22. The van der Waals surface area contributed by atoms with E-state index in [1.807, 2.05) is 0 Å². The van der Waals surface area contributed by atoms with E-state index in [1.54, 1.807) is 24.3 Å². The van der Waals surface area contributed by atoms with E-state index in [0.29, 0.717) is 18.0 Å². The van der Waals surface area contributed by atoms with Gasteiger partial charge in [0.05, 0.1) is 5.54 Å². The molecule has 6 heteroatoms. The molecule has 4 N–H and O–H groups in total. The van der Waals surface area contributed by atoms with Gasteiger partial charge in [-0.05, 0) is 49.9 Å². The molecule has 1 aliphatic heterocycles. The van der Waals surface area contributed by atoms with E-state index in [4.69, 9.17) is 10.5 Å². The van der Waals surface area contributed by atoms with Gasteiger partial charge < -0.3 is 21.1 Å². The van der Waals surface area contributed by atoms with Gasteiger partial charge in [-0.1, -0.05) is 12.8 Å². The molecule has 3 rings (SSSR count). The molecule has 0 bridgehead atoms. The fraction of sp³-hybridized carbons (Fsp3) is 0.529. The molecule has 23 heavy (non-hydrogen) atoms. The van der Waals surface area contributed by atoms with Gasteiger partial charge in [-0.15, -0.1) is 0 Å². The fourth-order valence-corrected chi connectivity index (χ4v) is 3.13. The summed E-state index contributed by atoms with van der Waals surface area (Å²) in [7, 11) is 0. The highest BCUT2D eigenvalue weighted by Crippen LogP contribution is 2.28. The number of carbonyl (C=O) groups is 2. The highest BCUT2D eigenvalue weighted by Gasteiger charge is 2.36. The number of amides is 2. The molecule has 1 atom stereocenters. The molecule has 6 nitrogen and oxygen atoms in total. The van der Waals surface area contributed by atoms with Gasteiger partial charge in [-0.2, -0.15) is 0 Å². The Morgan fingerprint density at radius 1 is 1.04 bits per heavy atom. The van der Waals surface area contributed by atoms with E-state index in [2.05, 4.69) is 10.6 Å². The second kappa shape index (κ2) is 6.68. The number of rotatable bonds is 4. The molecular weight excluding hydrogens is 294 g/mol. The van der Waals surface area contributed by atoms with Gasteiger partial charge in [0.2, 0.25) is 5.91 Å². The van der Waals surface area contributed by atoms with Crippen molar-refractivity contribution >= 4 is 23.2 Å². The van der Waals surface area contributed by atoms with Crippen LogP contribution < -0.4 is 16.4 Å². The Kier molecular flexibility index (Phi) is 4.63. The second-order valence-corrected chi connectivity index (χ2v) is 6.39. The number of benzene rings is 1. The van der Waals surface area contributed by atoms with Crippen LogP contribution >= 0.6 is 0 Å². The molecule has 0 radical (unpaired) electrons. The molecule has 1 heterocycles. The number of anilines is 2. The minimum absolute atomic E-state index is 0.119. The molecule has 1 unspecified atom stereocenters. The molecule has 1 aromatic rings. The van der Waals surface area contributed by atoms with Crippen LogP contribution in [0.1, 0.15) is 38.5 Å². The van der Waals surface area contributed by atoms with Crippen molar-refractivity contribution in [3.8, 4) is 0 Å². The maximum absolute atomic E-state index is 12.3. The van der Waals surface area contributed by atoms with Crippen molar-refractivity contribution in [3.05, 3.63) is 24.3 Å². The van der Waals surface area contributed by atoms with Crippen molar-refractivity contribution in [1.82, 2.24) is 0 Å². The summed E-state index contributed by atoms with van der Waals surface area (Å²) in [5.74, 6) is -0.253. The van der Waals surface area contributed by atoms with Gasteiger partial charge in [0.1, 0.15) is 6.10 Å². The van der Waals surface area contributed by atoms with E-state index in [0.717, 1.165) is 38.5 Å².